The average Bonchev–Trinajstić information content (AvgIpc) is 3.25. The van der Waals surface area contributed by atoms with Crippen LogP contribution in [0.4, 0.5) is 22.2 Å². The van der Waals surface area contributed by atoms with E-state index in [1.807, 2.05) is 84.9 Å². The minimum Gasteiger partial charge on any atom is -0.356 e. The number of thiazole rings is 1. The molecule has 0 aliphatic heterocycles. The van der Waals surface area contributed by atoms with Crippen LogP contribution < -0.4 is 16.0 Å². The zero-order valence-corrected chi connectivity index (χ0v) is 17.4. The molecule has 0 saturated heterocycles. The first-order valence-corrected chi connectivity index (χ1v) is 10.6. The fraction of sp³-hybridized carbons (Fsp3) is 0.0417. The lowest BCUT2D eigenvalue weighted by Crippen LogP contribution is -2.15. The van der Waals surface area contributed by atoms with E-state index < -0.39 is 0 Å². The maximum absolute atomic E-state index is 12.5. The van der Waals surface area contributed by atoms with Gasteiger partial charge < -0.3 is 16.0 Å². The molecule has 6 nitrogen and oxygen atoms in total. The van der Waals surface area contributed by atoms with Crippen LogP contribution in [-0.2, 0) is 11.2 Å². The lowest BCUT2D eigenvalue weighted by Gasteiger charge is -2.08. The number of carbonyl (C=O) groups excluding carboxylic acids is 2. The molecule has 4 aromatic rings. The number of amides is 2. The summed E-state index contributed by atoms with van der Waals surface area (Å²) in [6.07, 6.45) is 0.255. The van der Waals surface area contributed by atoms with E-state index in [2.05, 4.69) is 20.9 Å². The van der Waals surface area contributed by atoms with E-state index >= 15 is 0 Å². The molecule has 1 heterocycles. The quantitative estimate of drug-likeness (QED) is 0.372. The highest BCUT2D eigenvalue weighted by molar-refractivity contribution is 7.14. The number of carbonyl (C=O) groups is 2. The average molecular weight is 429 g/mol. The van der Waals surface area contributed by atoms with Crippen molar-refractivity contribution in [1.29, 1.82) is 0 Å². The van der Waals surface area contributed by atoms with Crippen LogP contribution in [0.25, 0.3) is 0 Å². The second-order valence-electron chi connectivity index (χ2n) is 6.77. The van der Waals surface area contributed by atoms with Gasteiger partial charge in [0.25, 0.3) is 5.91 Å². The molecule has 31 heavy (non-hydrogen) atoms. The molecule has 0 aliphatic carbocycles. The molecule has 3 N–H and O–H groups in total. The number of nitrogens with zero attached hydrogens (tertiary/aromatic N) is 1. The van der Waals surface area contributed by atoms with Crippen LogP contribution in [0.2, 0.25) is 0 Å². The Morgan fingerprint density at radius 1 is 0.742 bits per heavy atom. The predicted octanol–water partition coefficient (Wildman–Crippen LogP) is 5.32. The summed E-state index contributed by atoms with van der Waals surface area (Å²) in [5.41, 5.74) is 3.74. The van der Waals surface area contributed by atoms with Crippen LogP contribution in [0.1, 0.15) is 16.1 Å². The molecular weight excluding hydrogens is 408 g/mol. The first-order chi connectivity index (χ1) is 15.2. The molecule has 4 rings (SSSR count). The smallest absolute Gasteiger partial charge is 0.275 e. The molecule has 0 saturated carbocycles. The lowest BCUT2D eigenvalue weighted by molar-refractivity contribution is -0.115. The van der Waals surface area contributed by atoms with Gasteiger partial charge in [-0.25, -0.2) is 4.98 Å². The van der Waals surface area contributed by atoms with Crippen LogP contribution in [0.5, 0.6) is 0 Å². The summed E-state index contributed by atoms with van der Waals surface area (Å²) in [4.78, 5) is 28.9. The summed E-state index contributed by atoms with van der Waals surface area (Å²) in [5, 5.41) is 10.9. The van der Waals surface area contributed by atoms with Gasteiger partial charge in [-0.2, -0.15) is 0 Å². The Morgan fingerprint density at radius 2 is 1.35 bits per heavy atom. The molecule has 0 bridgehead atoms. The highest BCUT2D eigenvalue weighted by atomic mass is 32.1. The highest BCUT2D eigenvalue weighted by Crippen LogP contribution is 2.20. The predicted molar refractivity (Wildman–Crippen MR) is 125 cm³/mol. The number of para-hydroxylation sites is 1. The second-order valence-corrected chi connectivity index (χ2v) is 7.63. The van der Waals surface area contributed by atoms with Gasteiger partial charge in [-0.3, -0.25) is 9.59 Å². The zero-order valence-electron chi connectivity index (χ0n) is 16.5. The van der Waals surface area contributed by atoms with Gasteiger partial charge in [0.15, 0.2) is 5.13 Å². The maximum Gasteiger partial charge on any atom is 0.275 e. The maximum atomic E-state index is 12.5. The summed E-state index contributed by atoms with van der Waals surface area (Å²) in [5.74, 6) is -0.502. The first-order valence-electron chi connectivity index (χ1n) is 9.68. The van der Waals surface area contributed by atoms with Crippen LogP contribution in [0, 0.1) is 0 Å². The molecule has 0 atom stereocenters. The summed E-state index contributed by atoms with van der Waals surface area (Å²) < 4.78 is 0. The minimum absolute atomic E-state index is 0.172. The number of hydrogen-bond donors (Lipinski definition) is 3. The van der Waals surface area contributed by atoms with Gasteiger partial charge in [-0.15, -0.1) is 11.3 Å². The molecule has 0 radical (unpaired) electrons. The largest absolute Gasteiger partial charge is 0.356 e. The van der Waals surface area contributed by atoms with Crippen molar-refractivity contribution in [2.45, 2.75) is 6.42 Å². The minimum atomic E-state index is -0.330. The second kappa shape index (κ2) is 9.69. The standard InChI is InChI=1S/C24H20N4O2S/c29-22(15-17-7-3-1-4-8-17)28-24-27-21(16-31-24)23(30)26-20-13-11-19(12-14-20)25-18-9-5-2-6-10-18/h1-14,16,25H,15H2,(H,26,30)(H,27,28,29). The Labute approximate surface area is 184 Å². The van der Waals surface area contributed by atoms with Gasteiger partial charge in [0.2, 0.25) is 5.91 Å². The van der Waals surface area contributed by atoms with Crippen molar-refractivity contribution >= 4 is 45.3 Å². The van der Waals surface area contributed by atoms with Crippen molar-refractivity contribution in [3.63, 3.8) is 0 Å². The van der Waals surface area contributed by atoms with Crippen LogP contribution in [-0.4, -0.2) is 16.8 Å². The van der Waals surface area contributed by atoms with Crippen molar-refractivity contribution < 1.29 is 9.59 Å². The molecule has 3 aromatic carbocycles. The van der Waals surface area contributed by atoms with Crippen molar-refractivity contribution in [1.82, 2.24) is 4.98 Å². The van der Waals surface area contributed by atoms with E-state index in [1.54, 1.807) is 5.38 Å². The Balaban J connectivity index is 1.32. The molecular formula is C24H20N4O2S. The third-order valence-electron chi connectivity index (χ3n) is 4.40. The summed E-state index contributed by atoms with van der Waals surface area (Å²) in [7, 11) is 0. The van der Waals surface area contributed by atoms with E-state index in [1.165, 1.54) is 11.3 Å². The van der Waals surface area contributed by atoms with Crippen molar-refractivity contribution in [3.8, 4) is 0 Å². The Morgan fingerprint density at radius 3 is 2.06 bits per heavy atom. The molecule has 0 fully saturated rings. The van der Waals surface area contributed by atoms with Gasteiger partial charge >= 0.3 is 0 Å². The number of hydrogen-bond acceptors (Lipinski definition) is 5. The number of benzene rings is 3. The van der Waals surface area contributed by atoms with Gasteiger partial charge in [-0.05, 0) is 42.0 Å². The molecule has 7 heteroatoms. The van der Waals surface area contributed by atoms with Gasteiger partial charge in [0, 0.05) is 22.4 Å². The first kappa shape index (κ1) is 20.3. The van der Waals surface area contributed by atoms with E-state index in [0.717, 1.165) is 16.9 Å². The van der Waals surface area contributed by atoms with Crippen molar-refractivity contribution in [3.05, 3.63) is 102 Å². The number of anilines is 4. The van der Waals surface area contributed by atoms with Crippen LogP contribution in [0.3, 0.4) is 0 Å². The third-order valence-corrected chi connectivity index (χ3v) is 5.15. The van der Waals surface area contributed by atoms with Crippen LogP contribution >= 0.6 is 11.3 Å². The van der Waals surface area contributed by atoms with Crippen molar-refractivity contribution in [2.75, 3.05) is 16.0 Å². The number of nitrogens with one attached hydrogen (secondary N) is 3. The molecule has 0 spiro atoms. The SMILES string of the molecule is O=C(Cc1ccccc1)Nc1nc(C(=O)Nc2ccc(Nc3ccccc3)cc2)cs1. The third kappa shape index (κ3) is 5.77. The molecule has 0 aliphatic rings. The van der Waals surface area contributed by atoms with E-state index in [4.69, 9.17) is 0 Å². The zero-order chi connectivity index (χ0) is 21.5. The topological polar surface area (TPSA) is 83.1 Å². The van der Waals surface area contributed by atoms with E-state index in [0.29, 0.717) is 10.8 Å². The summed E-state index contributed by atoms with van der Waals surface area (Å²) in [6.45, 7) is 0. The fourth-order valence-corrected chi connectivity index (χ4v) is 3.61. The van der Waals surface area contributed by atoms with Gasteiger partial charge in [0.1, 0.15) is 5.69 Å². The summed E-state index contributed by atoms with van der Waals surface area (Å²) in [6, 6.07) is 26.7. The van der Waals surface area contributed by atoms with Gasteiger partial charge in [0.05, 0.1) is 6.42 Å². The van der Waals surface area contributed by atoms with Crippen molar-refractivity contribution in [2.24, 2.45) is 0 Å². The fourth-order valence-electron chi connectivity index (χ4n) is 2.90. The van der Waals surface area contributed by atoms with Gasteiger partial charge in [-0.1, -0.05) is 48.5 Å². The molecule has 154 valence electrons. The monoisotopic (exact) mass is 428 g/mol. The summed E-state index contributed by atoms with van der Waals surface area (Å²) >= 11 is 1.22. The van der Waals surface area contributed by atoms with E-state index in [-0.39, 0.29) is 23.9 Å². The Bertz CT molecular complexity index is 1160. The number of rotatable bonds is 7. The highest BCUT2D eigenvalue weighted by Gasteiger charge is 2.13. The molecule has 0 unspecified atom stereocenters. The number of aromatic nitrogens is 1. The normalized spacial score (nSPS) is 10.3. The lowest BCUT2D eigenvalue weighted by atomic mass is 10.1. The van der Waals surface area contributed by atoms with Crippen LogP contribution in [0.15, 0.2) is 90.3 Å². The molecule has 1 aromatic heterocycles. The Kier molecular flexibility index (Phi) is 6.35. The van der Waals surface area contributed by atoms with E-state index in [9.17, 15) is 9.59 Å². The Hall–Kier alpha value is -3.97. The molecule has 2 amide bonds.